The summed E-state index contributed by atoms with van der Waals surface area (Å²) >= 11 is 1.30. The van der Waals surface area contributed by atoms with Crippen LogP contribution in [0, 0.1) is 12.2 Å². The zero-order valence-corrected chi connectivity index (χ0v) is 15.7. The third kappa shape index (κ3) is 9.25. The van der Waals surface area contributed by atoms with Crippen molar-refractivity contribution in [2.24, 2.45) is 0 Å². The summed E-state index contributed by atoms with van der Waals surface area (Å²) in [6.45, 7) is 8.52. The van der Waals surface area contributed by atoms with Crippen LogP contribution >= 0.6 is 24.8 Å². The van der Waals surface area contributed by atoms with Crippen molar-refractivity contribution in [1.29, 1.82) is 0 Å². The average Bonchev–Trinajstić information content (AvgIpc) is 2.88. The summed E-state index contributed by atoms with van der Waals surface area (Å²) in [5, 5.41) is 0. The molecule has 0 saturated carbocycles. The van der Waals surface area contributed by atoms with Gasteiger partial charge in [0, 0.05) is 0 Å². The van der Waals surface area contributed by atoms with Crippen LogP contribution in [0.1, 0.15) is 40.5 Å². The molecule has 2 aliphatic carbocycles. The molecule has 0 bridgehead atoms. The van der Waals surface area contributed by atoms with Crippen LogP contribution in [0.2, 0.25) is 0 Å². The third-order valence-corrected chi connectivity index (χ3v) is 2.69. The first-order valence-electron chi connectivity index (χ1n) is 5.44. The van der Waals surface area contributed by atoms with Crippen LogP contribution < -0.4 is 0 Å². The van der Waals surface area contributed by atoms with Gasteiger partial charge in [-0.3, -0.25) is 12.2 Å². The van der Waals surface area contributed by atoms with Crippen LogP contribution in [-0.2, 0) is 24.2 Å². The van der Waals surface area contributed by atoms with Gasteiger partial charge in [-0.25, -0.2) is 17.2 Å². The zero-order valence-electron chi connectivity index (χ0n) is 11.6. The first kappa shape index (κ1) is 23.4. The second-order valence-electron chi connectivity index (χ2n) is 3.88. The van der Waals surface area contributed by atoms with Gasteiger partial charge in [-0.1, -0.05) is 13.8 Å². The van der Waals surface area contributed by atoms with E-state index in [1.165, 1.54) is 46.5 Å². The van der Waals surface area contributed by atoms with Gasteiger partial charge in [-0.05, 0) is 0 Å². The minimum absolute atomic E-state index is 0. The van der Waals surface area contributed by atoms with Gasteiger partial charge in [0.25, 0.3) is 0 Å². The molecule has 2 rings (SSSR count). The van der Waals surface area contributed by atoms with Gasteiger partial charge in [0.15, 0.2) is 0 Å². The fourth-order valence-corrected chi connectivity index (χ4v) is 1.35. The molecule has 0 aromatic rings. The van der Waals surface area contributed by atoms with Crippen LogP contribution in [0.3, 0.4) is 0 Å². The van der Waals surface area contributed by atoms with Gasteiger partial charge in [0.1, 0.15) is 0 Å². The Bertz CT molecular complexity index is 341. The van der Waals surface area contributed by atoms with Crippen LogP contribution in [-0.4, -0.2) is 4.21 Å². The van der Waals surface area contributed by atoms with E-state index in [2.05, 4.69) is 50.1 Å². The number of halogens is 2. The Morgan fingerprint density at radius 2 is 1.67 bits per heavy atom. The monoisotopic (exact) mass is 362 g/mol. The fourth-order valence-electron chi connectivity index (χ4n) is 1.35. The van der Waals surface area contributed by atoms with Gasteiger partial charge >= 0.3 is 28.4 Å². The SMILES string of the molecule is CC1=CC[C-]=C1.CC1=[C-]CC(C)=C1C.Cl.Cl.[CH2]=[Zr+2]. The molecule has 0 heterocycles. The molecule has 0 atom stereocenters. The second kappa shape index (κ2) is 13.7. The Hall–Kier alpha value is 0.293. The topological polar surface area (TPSA) is 0 Å². The summed E-state index contributed by atoms with van der Waals surface area (Å²) in [6.07, 6.45) is 12.6. The maximum atomic E-state index is 3.34. The van der Waals surface area contributed by atoms with Gasteiger partial charge in [0.05, 0.1) is 0 Å². The predicted octanol–water partition coefficient (Wildman–Crippen LogP) is 4.98. The predicted molar refractivity (Wildman–Crippen MR) is 83.2 cm³/mol. The summed E-state index contributed by atoms with van der Waals surface area (Å²) in [7, 11) is 0. The summed E-state index contributed by atoms with van der Waals surface area (Å²) in [5.74, 6) is 0. The van der Waals surface area contributed by atoms with Crippen LogP contribution in [0.25, 0.3) is 0 Å². The Morgan fingerprint density at radius 3 is 1.78 bits per heavy atom. The quantitative estimate of drug-likeness (QED) is 0.532. The molecule has 0 radical (unpaired) electrons. The number of hydrogen-bond acceptors (Lipinski definition) is 0. The standard InChI is InChI=1S/C8H11.C6H7.CH2.2ClH.Zr/c1-6-4-5-7(2)8(6)3;1-6-4-2-3-5-6;;;;/h4H2,1-3H3;4-5H,2H2,1H3;1H2;2*1H;/q2*-1;;;;+2. The molecule has 0 nitrogen and oxygen atoms in total. The van der Waals surface area contributed by atoms with E-state index in [0.717, 1.165) is 12.8 Å². The van der Waals surface area contributed by atoms with Crippen molar-refractivity contribution in [2.75, 3.05) is 0 Å². The summed E-state index contributed by atoms with van der Waals surface area (Å²) in [5.41, 5.74) is 5.59. The van der Waals surface area contributed by atoms with Crippen molar-refractivity contribution >= 4 is 29.0 Å². The van der Waals surface area contributed by atoms with Crippen molar-refractivity contribution in [2.45, 2.75) is 40.5 Å². The van der Waals surface area contributed by atoms with E-state index in [1.54, 1.807) is 0 Å². The van der Waals surface area contributed by atoms with Crippen molar-refractivity contribution in [3.05, 3.63) is 46.6 Å². The first-order valence-corrected chi connectivity index (χ1v) is 7.18. The van der Waals surface area contributed by atoms with Crippen molar-refractivity contribution in [3.8, 4) is 0 Å². The Kier molecular flexibility index (Phi) is 17.8. The molecule has 100 valence electrons. The van der Waals surface area contributed by atoms with E-state index in [4.69, 9.17) is 0 Å². The molecule has 0 aromatic heterocycles. The van der Waals surface area contributed by atoms with Gasteiger partial charge in [0.2, 0.25) is 0 Å². The van der Waals surface area contributed by atoms with E-state index in [1.807, 2.05) is 6.08 Å². The zero-order chi connectivity index (χ0) is 12.6. The van der Waals surface area contributed by atoms with Gasteiger partial charge in [-0.2, -0.15) is 17.2 Å². The average molecular weight is 364 g/mol. The molecule has 18 heavy (non-hydrogen) atoms. The molecule has 0 aliphatic heterocycles. The third-order valence-electron chi connectivity index (χ3n) is 2.69. The van der Waals surface area contributed by atoms with Gasteiger partial charge < -0.3 is 0 Å². The van der Waals surface area contributed by atoms with Gasteiger partial charge in [-0.15, -0.1) is 51.5 Å². The van der Waals surface area contributed by atoms with E-state index in [-0.39, 0.29) is 24.8 Å². The summed E-state index contributed by atoms with van der Waals surface area (Å²) < 4.78 is 3.34. The Labute approximate surface area is 139 Å². The van der Waals surface area contributed by atoms with Crippen LogP contribution in [0.15, 0.2) is 34.4 Å². The molecule has 0 aromatic carbocycles. The molecule has 3 heteroatoms. The van der Waals surface area contributed by atoms with E-state index in [0.29, 0.717) is 0 Å². The van der Waals surface area contributed by atoms with E-state index in [9.17, 15) is 0 Å². The molecule has 0 spiro atoms. The minimum atomic E-state index is 0. The number of hydrogen-bond donors (Lipinski definition) is 0. The summed E-state index contributed by atoms with van der Waals surface area (Å²) in [4.78, 5) is 0. The van der Waals surface area contributed by atoms with Crippen molar-refractivity contribution in [1.82, 2.24) is 0 Å². The van der Waals surface area contributed by atoms with Crippen LogP contribution in [0.5, 0.6) is 0 Å². The first-order chi connectivity index (χ1) is 7.61. The molecule has 0 saturated heterocycles. The molecule has 2 aliphatic rings. The fraction of sp³-hybridized carbons (Fsp3) is 0.400. The molecule has 0 unspecified atom stereocenters. The number of allylic oxidation sites excluding steroid dienone is 8. The molecule has 0 amide bonds. The van der Waals surface area contributed by atoms with Crippen LogP contribution in [0.4, 0.5) is 0 Å². The molecular weight excluding hydrogens is 342 g/mol. The molecular formula is C15H22Cl2Zr. The normalized spacial score (nSPS) is 15.2. The van der Waals surface area contributed by atoms with E-state index < -0.39 is 0 Å². The Morgan fingerprint density at radius 1 is 1.11 bits per heavy atom. The number of rotatable bonds is 0. The van der Waals surface area contributed by atoms with E-state index >= 15 is 0 Å². The van der Waals surface area contributed by atoms with Crippen molar-refractivity contribution in [3.63, 3.8) is 0 Å². The van der Waals surface area contributed by atoms with Crippen molar-refractivity contribution < 1.29 is 24.2 Å². The Balaban J connectivity index is -0.000000204. The maximum absolute atomic E-state index is 3.34. The molecule has 0 fully saturated rings. The summed E-state index contributed by atoms with van der Waals surface area (Å²) in [6, 6.07) is 0. The second-order valence-corrected chi connectivity index (χ2v) is 3.88. The molecule has 0 N–H and O–H groups in total.